The molecule has 1 aliphatic rings. The number of aromatic nitrogens is 1. The molecule has 12 nitrogen and oxygen atoms in total. The summed E-state index contributed by atoms with van der Waals surface area (Å²) in [5, 5.41) is 2.89. The largest absolute Gasteiger partial charge is 0.493 e. The van der Waals surface area contributed by atoms with Crippen LogP contribution in [-0.4, -0.2) is 55.6 Å². The molecule has 0 bridgehead atoms. The molecule has 1 aliphatic heterocycles. The molecule has 3 aromatic rings. The topological polar surface area (TPSA) is 172 Å². The van der Waals surface area contributed by atoms with Crippen molar-refractivity contribution in [1.82, 2.24) is 9.69 Å². The predicted molar refractivity (Wildman–Crippen MR) is 140 cm³/mol. The summed E-state index contributed by atoms with van der Waals surface area (Å²) < 4.78 is 26.2. The fourth-order valence-electron chi connectivity index (χ4n) is 4.19. The molecule has 0 spiro atoms. The number of ether oxygens (including phenoxy) is 3. The van der Waals surface area contributed by atoms with Crippen LogP contribution in [0.1, 0.15) is 50.6 Å². The Bertz CT molecular complexity index is 1330. The van der Waals surface area contributed by atoms with E-state index in [9.17, 15) is 14.4 Å². The van der Waals surface area contributed by atoms with Crippen LogP contribution in [0, 0.1) is 6.92 Å². The quantitative estimate of drug-likeness (QED) is 0.347. The summed E-state index contributed by atoms with van der Waals surface area (Å²) in [6, 6.07) is 6.82. The van der Waals surface area contributed by atoms with Gasteiger partial charge in [-0.3, -0.25) is 19.3 Å². The molecule has 4 rings (SSSR count). The number of hydrogen-bond acceptors (Lipinski definition) is 10. The zero-order valence-electron chi connectivity index (χ0n) is 21.2. The number of nitrogens with two attached hydrogens (primary N) is 2. The maximum atomic E-state index is 14.1. The summed E-state index contributed by atoms with van der Waals surface area (Å²) in [6.45, 7) is 2.62. The number of nitrogens with one attached hydrogen (secondary N) is 1. The molecule has 38 heavy (non-hydrogen) atoms. The molecular weight excluding hydrogens is 514 g/mol. The third kappa shape index (κ3) is 5.43. The number of rotatable bonds is 10. The van der Waals surface area contributed by atoms with E-state index in [0.29, 0.717) is 35.4 Å². The minimum absolute atomic E-state index is 0.0613. The second kappa shape index (κ2) is 11.5. The van der Waals surface area contributed by atoms with Crippen molar-refractivity contribution < 1.29 is 33.0 Å². The number of hydrogen-bond donors (Lipinski definition) is 3. The Balaban J connectivity index is 1.83. The van der Waals surface area contributed by atoms with Crippen molar-refractivity contribution in [2.45, 2.75) is 31.9 Å². The zero-order chi connectivity index (χ0) is 27.4. The molecule has 1 aromatic carbocycles. The molecule has 1 saturated heterocycles. The lowest BCUT2D eigenvalue weighted by Gasteiger charge is -2.30. The van der Waals surface area contributed by atoms with Gasteiger partial charge in [-0.05, 0) is 55.6 Å². The summed E-state index contributed by atoms with van der Waals surface area (Å²) in [4.78, 5) is 40.8. The number of primary amides is 1. The van der Waals surface area contributed by atoms with E-state index in [0.717, 1.165) is 12.8 Å². The molecule has 3 amide bonds. The maximum Gasteiger partial charge on any atom is 0.273 e. The Labute approximate surface area is 223 Å². The van der Waals surface area contributed by atoms with Crippen LogP contribution >= 0.6 is 11.5 Å². The molecule has 0 aliphatic carbocycles. The van der Waals surface area contributed by atoms with Crippen LogP contribution in [0.3, 0.4) is 0 Å². The van der Waals surface area contributed by atoms with E-state index in [-0.39, 0.29) is 40.4 Å². The average molecular weight is 544 g/mol. The highest BCUT2D eigenvalue weighted by atomic mass is 32.1. The standard InChI is InChI=1S/C25H29N5O7S/c1-13-6-8-17(37-13)21(24(32)28-12-15-5-4-10-36-15)30(14-7-9-16(34-2)18(11-14)35-3)25(33)22-19(26)20(23(27)31)29-38-22/h6-9,11,15,21H,4-5,10,12,26H2,1-3H3,(H2,27,31)(H,28,32)/t15-,21+/m1/s1. The van der Waals surface area contributed by atoms with Crippen LogP contribution < -0.4 is 31.2 Å². The first-order valence-electron chi connectivity index (χ1n) is 11.8. The summed E-state index contributed by atoms with van der Waals surface area (Å²) in [5.41, 5.74) is 11.4. The number of carbonyl (C=O) groups excluding carboxylic acids is 3. The first-order valence-corrected chi connectivity index (χ1v) is 12.6. The number of amides is 3. The number of furan rings is 1. The lowest BCUT2D eigenvalue weighted by Crippen LogP contribution is -2.45. The van der Waals surface area contributed by atoms with Gasteiger partial charge in [-0.1, -0.05) is 0 Å². The monoisotopic (exact) mass is 543 g/mol. The van der Waals surface area contributed by atoms with Gasteiger partial charge in [0.05, 0.1) is 26.0 Å². The Morgan fingerprint density at radius 2 is 1.97 bits per heavy atom. The van der Waals surface area contributed by atoms with Crippen molar-refractivity contribution in [2.24, 2.45) is 5.73 Å². The van der Waals surface area contributed by atoms with Crippen molar-refractivity contribution in [3.05, 3.63) is 52.4 Å². The van der Waals surface area contributed by atoms with E-state index in [1.165, 1.54) is 19.1 Å². The first-order chi connectivity index (χ1) is 18.2. The average Bonchev–Trinajstić information content (AvgIpc) is 3.66. The van der Waals surface area contributed by atoms with E-state index >= 15 is 0 Å². The highest BCUT2D eigenvalue weighted by molar-refractivity contribution is 7.09. The fourth-order valence-corrected chi connectivity index (χ4v) is 4.93. The second-order valence-electron chi connectivity index (χ2n) is 8.58. The second-order valence-corrected chi connectivity index (χ2v) is 9.36. The van der Waals surface area contributed by atoms with Gasteiger partial charge in [-0.25, -0.2) is 0 Å². The lowest BCUT2D eigenvalue weighted by atomic mass is 10.1. The van der Waals surface area contributed by atoms with Crippen molar-refractivity contribution in [2.75, 3.05) is 38.0 Å². The van der Waals surface area contributed by atoms with Crippen LogP contribution in [0.2, 0.25) is 0 Å². The molecule has 13 heteroatoms. The van der Waals surface area contributed by atoms with E-state index in [1.807, 2.05) is 0 Å². The van der Waals surface area contributed by atoms with Crippen molar-refractivity contribution in [1.29, 1.82) is 0 Å². The van der Waals surface area contributed by atoms with E-state index in [1.54, 1.807) is 37.3 Å². The molecule has 0 saturated carbocycles. The fraction of sp³-hybridized carbons (Fsp3) is 0.360. The molecule has 0 radical (unpaired) electrons. The predicted octanol–water partition coefficient (Wildman–Crippen LogP) is 2.43. The number of methoxy groups -OCH3 is 2. The van der Waals surface area contributed by atoms with Gasteiger partial charge in [0, 0.05) is 24.9 Å². The highest BCUT2D eigenvalue weighted by Crippen LogP contribution is 2.38. The first kappa shape index (κ1) is 26.9. The molecule has 2 atom stereocenters. The number of nitrogens with zero attached hydrogens (tertiary/aromatic N) is 2. The molecule has 202 valence electrons. The van der Waals surface area contributed by atoms with Crippen molar-refractivity contribution in [3.8, 4) is 11.5 Å². The Kier molecular flexibility index (Phi) is 8.17. The number of aryl methyl sites for hydroxylation is 1. The number of anilines is 2. The minimum Gasteiger partial charge on any atom is -0.493 e. The number of carbonyl (C=O) groups is 3. The van der Waals surface area contributed by atoms with Gasteiger partial charge in [0.1, 0.15) is 16.4 Å². The van der Waals surface area contributed by atoms with Gasteiger partial charge in [0.25, 0.3) is 17.7 Å². The smallest absolute Gasteiger partial charge is 0.273 e. The number of nitrogen functional groups attached to an aromatic ring is 1. The highest BCUT2D eigenvalue weighted by Gasteiger charge is 2.38. The number of benzene rings is 1. The van der Waals surface area contributed by atoms with Gasteiger partial charge in [-0.15, -0.1) is 0 Å². The van der Waals surface area contributed by atoms with Gasteiger partial charge in [-0.2, -0.15) is 4.37 Å². The third-order valence-electron chi connectivity index (χ3n) is 6.08. The SMILES string of the molecule is COc1ccc(N(C(=O)c2snc(C(N)=O)c2N)[C@H](C(=O)NC[C@H]2CCCO2)c2ccc(C)o2)cc1OC. The van der Waals surface area contributed by atoms with Gasteiger partial charge >= 0.3 is 0 Å². The van der Waals surface area contributed by atoms with E-state index in [2.05, 4.69) is 9.69 Å². The van der Waals surface area contributed by atoms with Crippen LogP contribution in [0.4, 0.5) is 11.4 Å². The van der Waals surface area contributed by atoms with Crippen LogP contribution in [0.25, 0.3) is 0 Å². The van der Waals surface area contributed by atoms with Crippen molar-refractivity contribution in [3.63, 3.8) is 0 Å². The van der Waals surface area contributed by atoms with Gasteiger partial charge < -0.3 is 35.4 Å². The van der Waals surface area contributed by atoms with Crippen molar-refractivity contribution >= 4 is 40.6 Å². The summed E-state index contributed by atoms with van der Waals surface area (Å²) in [6.07, 6.45) is 1.60. The minimum atomic E-state index is -1.26. The van der Waals surface area contributed by atoms with E-state index in [4.69, 9.17) is 30.1 Å². The van der Waals surface area contributed by atoms with Crippen LogP contribution in [0.15, 0.2) is 34.7 Å². The molecule has 5 N–H and O–H groups in total. The Hall–Kier alpha value is -4.10. The molecule has 2 aromatic heterocycles. The Morgan fingerprint density at radius 1 is 1.21 bits per heavy atom. The molecular formula is C25H29N5O7S. The third-order valence-corrected chi connectivity index (χ3v) is 6.94. The van der Waals surface area contributed by atoms with Crippen LogP contribution in [-0.2, 0) is 9.53 Å². The Morgan fingerprint density at radius 3 is 2.55 bits per heavy atom. The van der Waals surface area contributed by atoms with Crippen LogP contribution in [0.5, 0.6) is 11.5 Å². The van der Waals surface area contributed by atoms with Gasteiger partial charge in [0.2, 0.25) is 0 Å². The molecule has 3 heterocycles. The molecule has 1 fully saturated rings. The lowest BCUT2D eigenvalue weighted by molar-refractivity contribution is -0.123. The summed E-state index contributed by atoms with van der Waals surface area (Å²) in [7, 11) is 2.94. The summed E-state index contributed by atoms with van der Waals surface area (Å²) >= 11 is 0.711. The summed E-state index contributed by atoms with van der Waals surface area (Å²) in [5.74, 6) is -0.555. The zero-order valence-corrected chi connectivity index (χ0v) is 22.0. The van der Waals surface area contributed by atoms with E-state index < -0.39 is 23.8 Å². The maximum absolute atomic E-state index is 14.1. The molecule has 0 unspecified atom stereocenters. The normalized spacial score (nSPS) is 15.6. The van der Waals surface area contributed by atoms with Gasteiger partial charge in [0.15, 0.2) is 23.2 Å².